The van der Waals surface area contributed by atoms with Crippen LogP contribution in [0.3, 0.4) is 0 Å². The number of aromatic nitrogens is 1. The van der Waals surface area contributed by atoms with Crippen LogP contribution in [-0.4, -0.2) is 23.4 Å². The predicted octanol–water partition coefficient (Wildman–Crippen LogP) is 5.42. The maximum atomic E-state index is 11.8. The van der Waals surface area contributed by atoms with Crippen LogP contribution in [0.1, 0.15) is 5.56 Å². The van der Waals surface area contributed by atoms with Gasteiger partial charge in [-0.3, -0.25) is 4.79 Å². The first kappa shape index (κ1) is 20.4. The summed E-state index contributed by atoms with van der Waals surface area (Å²) in [4.78, 5) is 17.3. The number of hydrogen-bond acceptors (Lipinski definition) is 5. The average Bonchev–Trinajstić information content (AvgIpc) is 3.21. The summed E-state index contributed by atoms with van der Waals surface area (Å²) in [7, 11) is 0. The third-order valence-electron chi connectivity index (χ3n) is 4.77. The highest BCUT2D eigenvalue weighted by molar-refractivity contribution is 9.10. The van der Waals surface area contributed by atoms with Crippen molar-refractivity contribution < 1.29 is 9.53 Å². The monoisotopic (exact) mass is 504 g/mol. The summed E-state index contributed by atoms with van der Waals surface area (Å²) in [6.07, 6.45) is 1.80. The summed E-state index contributed by atoms with van der Waals surface area (Å²) < 4.78 is 8.31. The summed E-state index contributed by atoms with van der Waals surface area (Å²) in [5.74, 6) is 0.489. The number of anilines is 1. The Morgan fingerprint density at radius 3 is 2.69 bits per heavy atom. The molecule has 1 N–H and O–H groups in total. The number of halogens is 1. The zero-order chi connectivity index (χ0) is 21.9. The molecular weight excluding hydrogens is 488 g/mol. The molecule has 0 bridgehead atoms. The van der Waals surface area contributed by atoms with Crippen LogP contribution in [0.25, 0.3) is 11.3 Å². The second-order valence-electron chi connectivity index (χ2n) is 7.01. The number of ether oxygens (including phenoxy) is 1. The summed E-state index contributed by atoms with van der Waals surface area (Å²) >= 11 is 4.96. The molecule has 0 fully saturated rings. The zero-order valence-corrected chi connectivity index (χ0v) is 19.1. The van der Waals surface area contributed by atoms with E-state index >= 15 is 0 Å². The lowest BCUT2D eigenvalue weighted by Crippen LogP contribution is -2.25. The van der Waals surface area contributed by atoms with Crippen molar-refractivity contribution in [2.24, 2.45) is 10.1 Å². The van der Waals surface area contributed by atoms with Crippen molar-refractivity contribution >= 4 is 50.8 Å². The molecule has 0 atom stereocenters. The van der Waals surface area contributed by atoms with E-state index in [2.05, 4.69) is 21.2 Å². The Hall–Kier alpha value is -3.49. The normalized spacial score (nSPS) is 13.7. The number of rotatable bonds is 4. The lowest BCUT2D eigenvalue weighted by atomic mass is 10.1. The van der Waals surface area contributed by atoms with Gasteiger partial charge in [-0.1, -0.05) is 46.3 Å². The molecule has 1 aliphatic rings. The van der Waals surface area contributed by atoms with Crippen molar-refractivity contribution in [2.45, 2.75) is 0 Å². The fraction of sp³-hybridized carbons (Fsp3) is 0.0417. The van der Waals surface area contributed by atoms with Crippen molar-refractivity contribution in [3.63, 3.8) is 0 Å². The summed E-state index contributed by atoms with van der Waals surface area (Å²) in [6, 6.07) is 23.4. The van der Waals surface area contributed by atoms with Crippen LogP contribution in [0.2, 0.25) is 0 Å². The number of nitrogens with zero attached hydrogens (tertiary/aromatic N) is 3. The number of carbonyl (C=O) groups is 1. The first-order chi connectivity index (χ1) is 15.7. The lowest BCUT2D eigenvalue weighted by molar-refractivity contribution is -0.118. The van der Waals surface area contributed by atoms with E-state index in [1.165, 1.54) is 11.3 Å². The van der Waals surface area contributed by atoms with Gasteiger partial charge in [0.1, 0.15) is 5.75 Å². The Morgan fingerprint density at radius 1 is 1.06 bits per heavy atom. The van der Waals surface area contributed by atoms with Gasteiger partial charge < -0.3 is 10.1 Å². The molecule has 0 aliphatic carbocycles. The molecule has 3 aromatic carbocycles. The highest BCUT2D eigenvalue weighted by Crippen LogP contribution is 2.33. The first-order valence-corrected chi connectivity index (χ1v) is 11.5. The number of benzene rings is 3. The molecule has 2 heterocycles. The Bertz CT molecular complexity index is 1380. The van der Waals surface area contributed by atoms with Crippen LogP contribution in [0, 0.1) is 0 Å². The maximum absolute atomic E-state index is 11.8. The van der Waals surface area contributed by atoms with E-state index in [1.807, 2.05) is 82.9 Å². The van der Waals surface area contributed by atoms with Gasteiger partial charge >= 0.3 is 0 Å². The number of hydrogen-bond donors (Lipinski definition) is 1. The minimum absolute atomic E-state index is 0.0301. The zero-order valence-electron chi connectivity index (χ0n) is 16.7. The van der Waals surface area contributed by atoms with E-state index in [0.29, 0.717) is 11.4 Å². The molecule has 1 aromatic heterocycles. The van der Waals surface area contributed by atoms with E-state index in [4.69, 9.17) is 14.8 Å². The topological polar surface area (TPSA) is 68.0 Å². The van der Waals surface area contributed by atoms with Crippen molar-refractivity contribution in [1.82, 2.24) is 4.68 Å². The molecule has 4 aromatic rings. The summed E-state index contributed by atoms with van der Waals surface area (Å²) in [6.45, 7) is 0.0301. The van der Waals surface area contributed by atoms with Gasteiger partial charge in [0.2, 0.25) is 4.80 Å². The van der Waals surface area contributed by atoms with Crippen molar-refractivity contribution in [3.8, 4) is 17.0 Å². The van der Waals surface area contributed by atoms with Crippen LogP contribution in [0.5, 0.6) is 5.75 Å². The highest BCUT2D eigenvalue weighted by Gasteiger charge is 2.17. The van der Waals surface area contributed by atoms with E-state index < -0.39 is 0 Å². The number of nitrogens with one attached hydrogen (secondary N) is 1. The number of para-hydroxylation sites is 1. The molecular formula is C24H17BrN4O2S. The fourth-order valence-corrected chi connectivity index (χ4v) is 4.34. The van der Waals surface area contributed by atoms with Gasteiger partial charge in [-0.15, -0.1) is 11.3 Å². The molecule has 1 amide bonds. The minimum Gasteiger partial charge on any atom is -0.482 e. The Kier molecular flexibility index (Phi) is 5.70. The molecule has 8 heteroatoms. The predicted molar refractivity (Wildman–Crippen MR) is 131 cm³/mol. The number of carbonyl (C=O) groups excluding carboxylic acids is 1. The second kappa shape index (κ2) is 8.94. The van der Waals surface area contributed by atoms with Gasteiger partial charge in [0.25, 0.3) is 5.91 Å². The SMILES string of the molecule is O=C1COc2ccc(-c3csc(=Nc4ccccc4)n3N=Cc3ccc(Br)cc3)cc2N1. The largest absolute Gasteiger partial charge is 0.482 e. The van der Waals surface area contributed by atoms with E-state index in [9.17, 15) is 4.79 Å². The van der Waals surface area contributed by atoms with Crippen LogP contribution >= 0.6 is 27.3 Å². The van der Waals surface area contributed by atoms with E-state index in [1.54, 1.807) is 6.21 Å². The van der Waals surface area contributed by atoms with Gasteiger partial charge in [-0.2, -0.15) is 5.10 Å². The number of thiazole rings is 1. The van der Waals surface area contributed by atoms with E-state index in [-0.39, 0.29) is 12.5 Å². The number of fused-ring (bicyclic) bond motifs is 1. The van der Waals surface area contributed by atoms with Gasteiger partial charge in [0, 0.05) is 15.4 Å². The van der Waals surface area contributed by atoms with Gasteiger partial charge in [0.15, 0.2) is 6.61 Å². The molecule has 0 spiro atoms. The smallest absolute Gasteiger partial charge is 0.262 e. The van der Waals surface area contributed by atoms with Gasteiger partial charge in [-0.05, 0) is 48.0 Å². The molecule has 0 unspecified atom stereocenters. The first-order valence-electron chi connectivity index (χ1n) is 9.83. The molecule has 5 rings (SSSR count). The van der Waals surface area contributed by atoms with Crippen LogP contribution in [-0.2, 0) is 4.79 Å². The van der Waals surface area contributed by atoms with Gasteiger partial charge in [-0.25, -0.2) is 9.67 Å². The van der Waals surface area contributed by atoms with Crippen LogP contribution < -0.4 is 14.9 Å². The van der Waals surface area contributed by atoms with Crippen molar-refractivity contribution in [2.75, 3.05) is 11.9 Å². The standard InChI is InChI=1S/C24H17BrN4O2S/c25-18-9-6-16(7-10-18)13-26-29-21(15-32-24(29)27-19-4-2-1-3-5-19)17-8-11-22-20(12-17)28-23(30)14-31-22/h1-13,15H,14H2,(H,28,30). The third kappa shape index (κ3) is 4.42. The molecule has 0 saturated heterocycles. The molecule has 1 aliphatic heterocycles. The summed E-state index contributed by atoms with van der Waals surface area (Å²) in [5.41, 5.74) is 4.22. The molecule has 158 valence electrons. The second-order valence-corrected chi connectivity index (χ2v) is 8.76. The van der Waals surface area contributed by atoms with E-state index in [0.717, 1.165) is 31.8 Å². The Morgan fingerprint density at radius 2 is 1.88 bits per heavy atom. The van der Waals surface area contributed by atoms with Crippen molar-refractivity contribution in [3.05, 3.63) is 93.0 Å². The number of amides is 1. The molecule has 0 radical (unpaired) electrons. The molecule has 0 saturated carbocycles. The lowest BCUT2D eigenvalue weighted by Gasteiger charge is -2.18. The third-order valence-corrected chi connectivity index (χ3v) is 6.11. The Labute approximate surface area is 196 Å². The fourth-order valence-electron chi connectivity index (χ4n) is 3.22. The quantitative estimate of drug-likeness (QED) is 0.376. The van der Waals surface area contributed by atoms with Gasteiger partial charge in [0.05, 0.1) is 23.3 Å². The van der Waals surface area contributed by atoms with Crippen LogP contribution in [0.15, 0.2) is 92.7 Å². The van der Waals surface area contributed by atoms with Crippen molar-refractivity contribution in [1.29, 1.82) is 0 Å². The Balaban J connectivity index is 1.61. The molecule has 6 nitrogen and oxygen atoms in total. The minimum atomic E-state index is -0.166. The maximum Gasteiger partial charge on any atom is 0.262 e. The average molecular weight is 505 g/mol. The molecule has 32 heavy (non-hydrogen) atoms. The van der Waals surface area contributed by atoms with Crippen LogP contribution in [0.4, 0.5) is 11.4 Å². The summed E-state index contributed by atoms with van der Waals surface area (Å²) in [5, 5.41) is 9.61. The highest BCUT2D eigenvalue weighted by atomic mass is 79.9.